The van der Waals surface area contributed by atoms with Crippen molar-refractivity contribution in [3.63, 3.8) is 0 Å². The standard InChI is InChI=1S/C18H17N3S/c1-14(20-13-12-19)17(15-8-4-2-5-9-15)18(22)21-16-10-6-3-7-11-16/h2-11,20H,13H2,1H3,(H,21,22)/b17-14-. The lowest BCUT2D eigenvalue weighted by Gasteiger charge is -2.16. The number of anilines is 1. The predicted molar refractivity (Wildman–Crippen MR) is 95.3 cm³/mol. The number of hydrogen-bond acceptors (Lipinski definition) is 3. The lowest BCUT2D eigenvalue weighted by molar-refractivity contribution is 0.918. The summed E-state index contributed by atoms with van der Waals surface area (Å²) in [5.74, 6) is 0. The Hall–Kier alpha value is -2.64. The Morgan fingerprint density at radius 1 is 1.05 bits per heavy atom. The maximum absolute atomic E-state index is 8.76. The van der Waals surface area contributed by atoms with Crippen molar-refractivity contribution < 1.29 is 0 Å². The van der Waals surface area contributed by atoms with Gasteiger partial charge in [-0.2, -0.15) is 5.26 Å². The normalized spacial score (nSPS) is 11.1. The maximum Gasteiger partial charge on any atom is 0.113 e. The minimum Gasteiger partial charge on any atom is -0.375 e. The van der Waals surface area contributed by atoms with Gasteiger partial charge in [-0.05, 0) is 24.6 Å². The van der Waals surface area contributed by atoms with Crippen LogP contribution in [0.4, 0.5) is 5.69 Å². The summed E-state index contributed by atoms with van der Waals surface area (Å²) in [6.45, 7) is 2.18. The Kier molecular flexibility index (Phi) is 5.70. The van der Waals surface area contributed by atoms with Crippen molar-refractivity contribution in [2.24, 2.45) is 0 Å². The van der Waals surface area contributed by atoms with Crippen LogP contribution in [0.2, 0.25) is 0 Å². The predicted octanol–water partition coefficient (Wildman–Crippen LogP) is 3.97. The molecule has 0 spiro atoms. The first-order valence-corrected chi connectivity index (χ1v) is 7.36. The average molecular weight is 307 g/mol. The van der Waals surface area contributed by atoms with Crippen LogP contribution in [-0.4, -0.2) is 11.5 Å². The van der Waals surface area contributed by atoms with E-state index in [4.69, 9.17) is 17.5 Å². The van der Waals surface area contributed by atoms with E-state index in [0.717, 1.165) is 22.5 Å². The quantitative estimate of drug-likeness (QED) is 0.498. The zero-order valence-corrected chi connectivity index (χ0v) is 13.2. The summed E-state index contributed by atoms with van der Waals surface area (Å²) in [5, 5.41) is 15.1. The molecule has 0 heterocycles. The van der Waals surface area contributed by atoms with Gasteiger partial charge in [-0.1, -0.05) is 60.7 Å². The zero-order chi connectivity index (χ0) is 15.8. The van der Waals surface area contributed by atoms with E-state index in [1.165, 1.54) is 0 Å². The number of allylic oxidation sites excluding steroid dienone is 1. The van der Waals surface area contributed by atoms with Gasteiger partial charge < -0.3 is 10.6 Å². The second kappa shape index (κ2) is 7.96. The molecule has 0 saturated heterocycles. The van der Waals surface area contributed by atoms with Gasteiger partial charge in [0.25, 0.3) is 0 Å². The molecule has 0 radical (unpaired) electrons. The van der Waals surface area contributed by atoms with Crippen LogP contribution in [0.5, 0.6) is 0 Å². The molecule has 110 valence electrons. The van der Waals surface area contributed by atoms with E-state index in [-0.39, 0.29) is 6.54 Å². The Morgan fingerprint density at radius 3 is 2.23 bits per heavy atom. The van der Waals surface area contributed by atoms with Gasteiger partial charge in [-0.25, -0.2) is 0 Å². The molecule has 0 aliphatic carbocycles. The van der Waals surface area contributed by atoms with E-state index in [9.17, 15) is 0 Å². The van der Waals surface area contributed by atoms with Gasteiger partial charge >= 0.3 is 0 Å². The minimum atomic E-state index is 0.246. The van der Waals surface area contributed by atoms with Gasteiger partial charge in [0, 0.05) is 17.0 Å². The zero-order valence-electron chi connectivity index (χ0n) is 12.3. The molecule has 0 aliphatic heterocycles. The monoisotopic (exact) mass is 307 g/mol. The third kappa shape index (κ3) is 4.18. The van der Waals surface area contributed by atoms with Crippen molar-refractivity contribution in [2.75, 3.05) is 11.9 Å². The number of hydrogen-bond donors (Lipinski definition) is 2. The summed E-state index contributed by atoms with van der Waals surface area (Å²) in [5.41, 5.74) is 3.73. The van der Waals surface area contributed by atoms with E-state index in [2.05, 4.69) is 16.7 Å². The lowest BCUT2D eigenvalue weighted by atomic mass is 10.0. The first kappa shape index (κ1) is 15.7. The summed E-state index contributed by atoms with van der Waals surface area (Å²) >= 11 is 5.57. The molecule has 2 N–H and O–H groups in total. The van der Waals surface area contributed by atoms with E-state index in [1.807, 2.05) is 67.6 Å². The molecule has 0 atom stereocenters. The number of rotatable bonds is 5. The van der Waals surface area contributed by atoms with Crippen LogP contribution in [0.3, 0.4) is 0 Å². The third-order valence-electron chi connectivity index (χ3n) is 3.13. The molecule has 2 rings (SSSR count). The molecule has 0 aromatic heterocycles. The molecule has 2 aromatic rings. The molecule has 0 saturated carbocycles. The SMILES string of the molecule is C/C(NCC#N)=C(/C(=S)Nc1ccccc1)c1ccccc1. The van der Waals surface area contributed by atoms with Crippen molar-refractivity contribution in [1.29, 1.82) is 5.26 Å². The first-order valence-electron chi connectivity index (χ1n) is 6.96. The van der Waals surface area contributed by atoms with Gasteiger partial charge in [-0.3, -0.25) is 0 Å². The van der Waals surface area contributed by atoms with Gasteiger partial charge in [0.15, 0.2) is 0 Å². The molecule has 0 unspecified atom stereocenters. The van der Waals surface area contributed by atoms with E-state index < -0.39 is 0 Å². The summed E-state index contributed by atoms with van der Waals surface area (Å²) < 4.78 is 0. The number of thiocarbonyl (C=S) groups is 1. The molecule has 0 fully saturated rings. The molecule has 0 amide bonds. The molecule has 22 heavy (non-hydrogen) atoms. The topological polar surface area (TPSA) is 47.9 Å². The molecule has 2 aromatic carbocycles. The van der Waals surface area contributed by atoms with Crippen LogP contribution < -0.4 is 10.6 Å². The number of nitrogens with one attached hydrogen (secondary N) is 2. The first-order chi connectivity index (χ1) is 10.7. The molecular weight excluding hydrogens is 290 g/mol. The second-order valence-corrected chi connectivity index (χ2v) is 5.11. The van der Waals surface area contributed by atoms with Gasteiger partial charge in [0.2, 0.25) is 0 Å². The largest absolute Gasteiger partial charge is 0.375 e. The van der Waals surface area contributed by atoms with Crippen LogP contribution in [0.15, 0.2) is 66.4 Å². The fourth-order valence-electron chi connectivity index (χ4n) is 2.10. The van der Waals surface area contributed by atoms with Gasteiger partial charge in [0.1, 0.15) is 11.5 Å². The Balaban J connectivity index is 2.32. The third-order valence-corrected chi connectivity index (χ3v) is 3.43. The van der Waals surface area contributed by atoms with E-state index >= 15 is 0 Å². The number of nitriles is 1. The fourth-order valence-corrected chi connectivity index (χ4v) is 2.49. The second-order valence-electron chi connectivity index (χ2n) is 4.70. The molecular formula is C18H17N3S. The van der Waals surface area contributed by atoms with Crippen molar-refractivity contribution in [1.82, 2.24) is 5.32 Å². The summed E-state index contributed by atoms with van der Waals surface area (Å²) in [6.07, 6.45) is 0. The minimum absolute atomic E-state index is 0.246. The fraction of sp³-hybridized carbons (Fsp3) is 0.111. The van der Waals surface area contributed by atoms with Crippen LogP contribution in [0.1, 0.15) is 12.5 Å². The molecule has 3 nitrogen and oxygen atoms in total. The van der Waals surface area contributed by atoms with Crippen LogP contribution in [0.25, 0.3) is 5.57 Å². The number of nitrogens with zero attached hydrogens (tertiary/aromatic N) is 1. The summed E-state index contributed by atoms with van der Waals surface area (Å²) in [4.78, 5) is 0.625. The summed E-state index contributed by atoms with van der Waals surface area (Å²) in [6, 6.07) is 21.8. The highest BCUT2D eigenvalue weighted by Gasteiger charge is 2.12. The number of benzene rings is 2. The van der Waals surface area contributed by atoms with Crippen LogP contribution >= 0.6 is 12.2 Å². The molecule has 4 heteroatoms. The van der Waals surface area contributed by atoms with Crippen LogP contribution in [-0.2, 0) is 0 Å². The average Bonchev–Trinajstić information content (AvgIpc) is 2.55. The van der Waals surface area contributed by atoms with Crippen molar-refractivity contribution >= 4 is 28.5 Å². The van der Waals surface area contributed by atoms with Gasteiger partial charge in [0.05, 0.1) is 6.07 Å². The Bertz CT molecular complexity index is 700. The van der Waals surface area contributed by atoms with Crippen molar-refractivity contribution in [3.8, 4) is 6.07 Å². The Labute approximate surface area is 136 Å². The highest BCUT2D eigenvalue weighted by atomic mass is 32.1. The van der Waals surface area contributed by atoms with Gasteiger partial charge in [-0.15, -0.1) is 0 Å². The maximum atomic E-state index is 8.76. The summed E-state index contributed by atoms with van der Waals surface area (Å²) in [7, 11) is 0. The Morgan fingerprint density at radius 2 is 1.64 bits per heavy atom. The highest BCUT2D eigenvalue weighted by molar-refractivity contribution is 7.81. The molecule has 0 aliphatic rings. The smallest absolute Gasteiger partial charge is 0.113 e. The van der Waals surface area contributed by atoms with Crippen molar-refractivity contribution in [2.45, 2.75) is 6.92 Å². The van der Waals surface area contributed by atoms with E-state index in [1.54, 1.807) is 0 Å². The molecule has 0 bridgehead atoms. The highest BCUT2D eigenvalue weighted by Crippen LogP contribution is 2.21. The van der Waals surface area contributed by atoms with E-state index in [0.29, 0.717) is 4.99 Å². The number of para-hydroxylation sites is 1. The van der Waals surface area contributed by atoms with Crippen molar-refractivity contribution in [3.05, 3.63) is 71.9 Å². The van der Waals surface area contributed by atoms with Crippen LogP contribution in [0, 0.1) is 11.3 Å². The lowest BCUT2D eigenvalue weighted by Crippen LogP contribution is -2.19.